The molecule has 5 rings (SSSR count). The molecule has 1 saturated heterocycles. The summed E-state index contributed by atoms with van der Waals surface area (Å²) in [5.74, 6) is -2.99. The maximum atomic E-state index is 13.5. The molecule has 0 aromatic heterocycles. The molecule has 34 heavy (non-hydrogen) atoms. The van der Waals surface area contributed by atoms with E-state index >= 15 is 0 Å². The van der Waals surface area contributed by atoms with Gasteiger partial charge in [0.2, 0.25) is 0 Å². The number of carboxylic acid groups (broad SMARTS) is 1. The fraction of sp³-hybridized carbons (Fsp3) is 0.417. The maximum absolute atomic E-state index is 13.5. The van der Waals surface area contributed by atoms with Gasteiger partial charge in [-0.15, -0.1) is 0 Å². The zero-order chi connectivity index (χ0) is 24.5. The molecule has 2 heterocycles. The lowest BCUT2D eigenvalue weighted by molar-refractivity contribution is -0.192. The van der Waals surface area contributed by atoms with Crippen LogP contribution in [0.4, 0.5) is 28.0 Å². The number of carbonyl (C=O) groups is 2. The monoisotopic (exact) mass is 479 g/mol. The van der Waals surface area contributed by atoms with Gasteiger partial charge in [-0.25, -0.2) is 14.0 Å². The topological polar surface area (TPSA) is 81.7 Å². The first-order valence-electron chi connectivity index (χ1n) is 11.1. The van der Waals surface area contributed by atoms with Gasteiger partial charge in [0, 0.05) is 18.3 Å². The van der Waals surface area contributed by atoms with Crippen molar-refractivity contribution < 1.29 is 32.3 Å². The van der Waals surface area contributed by atoms with Crippen molar-refractivity contribution >= 4 is 17.7 Å². The lowest BCUT2D eigenvalue weighted by Gasteiger charge is -2.25. The van der Waals surface area contributed by atoms with Gasteiger partial charge in [-0.1, -0.05) is 18.2 Å². The van der Waals surface area contributed by atoms with Crippen LogP contribution in [0.1, 0.15) is 24.8 Å². The van der Waals surface area contributed by atoms with Crippen LogP contribution in [0.5, 0.6) is 0 Å². The number of alkyl halides is 3. The predicted molar refractivity (Wildman–Crippen MR) is 118 cm³/mol. The summed E-state index contributed by atoms with van der Waals surface area (Å²) in [6, 6.07) is 13.0. The van der Waals surface area contributed by atoms with Crippen LogP contribution in [-0.2, 0) is 11.2 Å². The van der Waals surface area contributed by atoms with E-state index in [4.69, 9.17) is 9.90 Å². The van der Waals surface area contributed by atoms with Crippen LogP contribution in [0.2, 0.25) is 0 Å². The third kappa shape index (κ3) is 5.16. The molecule has 2 fully saturated rings. The summed E-state index contributed by atoms with van der Waals surface area (Å²) < 4.78 is 45.2. The molecule has 1 unspecified atom stereocenters. The lowest BCUT2D eigenvalue weighted by Crippen LogP contribution is -2.43. The van der Waals surface area contributed by atoms with E-state index in [9.17, 15) is 22.4 Å². The number of nitrogens with one attached hydrogen (secondary N) is 2. The summed E-state index contributed by atoms with van der Waals surface area (Å²) >= 11 is 0. The van der Waals surface area contributed by atoms with Gasteiger partial charge in [0.1, 0.15) is 5.82 Å². The Labute approximate surface area is 193 Å². The number of aliphatic carboxylic acids is 1. The Morgan fingerprint density at radius 1 is 1.09 bits per heavy atom. The van der Waals surface area contributed by atoms with Gasteiger partial charge in [0.05, 0.1) is 0 Å². The number of rotatable bonds is 2. The Morgan fingerprint density at radius 2 is 1.76 bits per heavy atom. The van der Waals surface area contributed by atoms with Crippen molar-refractivity contribution in [2.75, 3.05) is 24.5 Å². The Hall–Kier alpha value is -3.14. The number of anilines is 1. The first-order valence-corrected chi connectivity index (χ1v) is 11.1. The standard InChI is InChI=1S/C22H24FN3O.C2HF3O2/c23-18-3-1-2-15(13-18)16-4-5-19-17(12-16)6-11-26(19)21(27)25-20-14-22(20)7-9-24-10-8-22;3-2(4,5)1(6)7/h1-5,12-13,20,24H,6-11,14H2,(H,25,27);(H,6,7). The number of halogens is 4. The number of nitrogens with zero attached hydrogens (tertiary/aromatic N) is 1. The zero-order valence-corrected chi connectivity index (χ0v) is 18.3. The van der Waals surface area contributed by atoms with Gasteiger partial charge < -0.3 is 15.7 Å². The SMILES string of the molecule is O=C(NC1CC12CCNCC2)N1CCc2cc(-c3cccc(F)c3)ccc21.O=C(O)C(F)(F)F. The number of carbonyl (C=O) groups excluding carboxylic acids is 1. The summed E-state index contributed by atoms with van der Waals surface area (Å²) in [5.41, 5.74) is 4.33. The zero-order valence-electron chi connectivity index (χ0n) is 18.3. The Morgan fingerprint density at radius 3 is 2.41 bits per heavy atom. The van der Waals surface area contributed by atoms with Gasteiger partial charge in [-0.05, 0) is 85.1 Å². The van der Waals surface area contributed by atoms with E-state index in [-0.39, 0.29) is 11.8 Å². The van der Waals surface area contributed by atoms with Gasteiger partial charge >= 0.3 is 18.2 Å². The van der Waals surface area contributed by atoms with E-state index in [1.807, 2.05) is 23.1 Å². The minimum Gasteiger partial charge on any atom is -0.475 e. The van der Waals surface area contributed by atoms with Crippen LogP contribution in [-0.4, -0.2) is 49.0 Å². The maximum Gasteiger partial charge on any atom is 0.490 e. The number of hydrogen-bond acceptors (Lipinski definition) is 3. The molecule has 1 spiro atoms. The molecule has 2 amide bonds. The fourth-order valence-electron chi connectivity index (χ4n) is 4.72. The third-order valence-electron chi connectivity index (χ3n) is 6.71. The second-order valence-electron chi connectivity index (χ2n) is 8.88. The molecule has 2 aliphatic heterocycles. The second kappa shape index (κ2) is 9.25. The van der Waals surface area contributed by atoms with E-state index in [0.29, 0.717) is 18.0 Å². The quantitative estimate of drug-likeness (QED) is 0.560. The molecule has 3 N–H and O–H groups in total. The Kier molecular flexibility index (Phi) is 6.53. The third-order valence-corrected chi connectivity index (χ3v) is 6.71. The second-order valence-corrected chi connectivity index (χ2v) is 8.88. The highest BCUT2D eigenvalue weighted by Crippen LogP contribution is 2.52. The predicted octanol–water partition coefficient (Wildman–Crippen LogP) is 4.34. The molecule has 0 radical (unpaired) electrons. The number of fused-ring (bicyclic) bond motifs is 1. The van der Waals surface area contributed by atoms with Crippen molar-refractivity contribution in [2.45, 2.75) is 37.9 Å². The van der Waals surface area contributed by atoms with Crippen molar-refractivity contribution in [3.8, 4) is 11.1 Å². The number of carboxylic acids is 1. The number of amides is 2. The highest BCUT2D eigenvalue weighted by molar-refractivity contribution is 5.95. The molecule has 182 valence electrons. The van der Waals surface area contributed by atoms with Crippen molar-refractivity contribution in [3.05, 3.63) is 53.8 Å². The van der Waals surface area contributed by atoms with E-state index in [2.05, 4.69) is 16.7 Å². The lowest BCUT2D eigenvalue weighted by atomic mass is 9.94. The molecule has 1 aliphatic carbocycles. The summed E-state index contributed by atoms with van der Waals surface area (Å²) in [7, 11) is 0. The molecule has 2 aromatic carbocycles. The average molecular weight is 479 g/mol. The summed E-state index contributed by atoms with van der Waals surface area (Å²) in [6.07, 6.45) is -0.817. The molecule has 10 heteroatoms. The molecule has 2 aromatic rings. The van der Waals surface area contributed by atoms with Gasteiger partial charge in [0.15, 0.2) is 0 Å². The summed E-state index contributed by atoms with van der Waals surface area (Å²) in [6.45, 7) is 2.82. The van der Waals surface area contributed by atoms with Crippen molar-refractivity contribution in [3.63, 3.8) is 0 Å². The molecule has 6 nitrogen and oxygen atoms in total. The first-order chi connectivity index (χ1) is 16.1. The fourth-order valence-corrected chi connectivity index (χ4v) is 4.72. The minimum atomic E-state index is -5.08. The van der Waals surface area contributed by atoms with Crippen molar-refractivity contribution in [1.29, 1.82) is 0 Å². The van der Waals surface area contributed by atoms with Crippen LogP contribution >= 0.6 is 0 Å². The number of benzene rings is 2. The first kappa shape index (κ1) is 24.0. The van der Waals surface area contributed by atoms with E-state index in [0.717, 1.165) is 61.2 Å². The Balaban J connectivity index is 0.000000344. The highest BCUT2D eigenvalue weighted by Gasteiger charge is 2.55. The largest absolute Gasteiger partial charge is 0.490 e. The minimum absolute atomic E-state index is 0.0210. The Bertz CT molecular complexity index is 1080. The summed E-state index contributed by atoms with van der Waals surface area (Å²) in [4.78, 5) is 23.6. The van der Waals surface area contributed by atoms with Crippen LogP contribution < -0.4 is 15.5 Å². The molecular weight excluding hydrogens is 454 g/mol. The van der Waals surface area contributed by atoms with Gasteiger partial charge in [0.25, 0.3) is 0 Å². The van der Waals surface area contributed by atoms with Gasteiger partial charge in [-0.3, -0.25) is 4.90 Å². The molecule has 0 bridgehead atoms. The van der Waals surface area contributed by atoms with E-state index in [1.165, 1.54) is 6.07 Å². The highest BCUT2D eigenvalue weighted by atomic mass is 19.4. The molecular formula is C24H25F4N3O3. The van der Waals surface area contributed by atoms with Crippen molar-refractivity contribution in [2.24, 2.45) is 5.41 Å². The van der Waals surface area contributed by atoms with Gasteiger partial charge in [-0.2, -0.15) is 13.2 Å². The number of piperidine rings is 1. The average Bonchev–Trinajstić information content (AvgIpc) is 3.25. The smallest absolute Gasteiger partial charge is 0.475 e. The molecule has 1 saturated carbocycles. The molecule has 3 aliphatic rings. The number of hydrogen-bond donors (Lipinski definition) is 3. The van der Waals surface area contributed by atoms with Crippen molar-refractivity contribution in [1.82, 2.24) is 10.6 Å². The van der Waals surface area contributed by atoms with Crippen LogP contribution in [0.3, 0.4) is 0 Å². The summed E-state index contributed by atoms with van der Waals surface area (Å²) in [5, 5.41) is 13.8. The van der Waals surface area contributed by atoms with E-state index < -0.39 is 12.1 Å². The number of urea groups is 1. The van der Waals surface area contributed by atoms with E-state index in [1.54, 1.807) is 12.1 Å². The van der Waals surface area contributed by atoms with Crippen LogP contribution in [0.25, 0.3) is 11.1 Å². The molecule has 1 atom stereocenters. The normalized spacial score (nSPS) is 20.2. The van der Waals surface area contributed by atoms with Crippen LogP contribution in [0, 0.1) is 11.2 Å². The van der Waals surface area contributed by atoms with Crippen LogP contribution in [0.15, 0.2) is 42.5 Å².